The summed E-state index contributed by atoms with van der Waals surface area (Å²) < 4.78 is 14.3. The summed E-state index contributed by atoms with van der Waals surface area (Å²) in [4.78, 5) is 21.8. The summed E-state index contributed by atoms with van der Waals surface area (Å²) >= 11 is 5.84. The highest BCUT2D eigenvalue weighted by atomic mass is 35.5. The molecule has 31 heavy (non-hydrogen) atoms. The van der Waals surface area contributed by atoms with Crippen LogP contribution in [-0.4, -0.2) is 38.9 Å². The van der Waals surface area contributed by atoms with E-state index in [0.717, 1.165) is 19.4 Å². The van der Waals surface area contributed by atoms with Crippen molar-refractivity contribution in [1.82, 2.24) is 14.9 Å². The Kier molecular flexibility index (Phi) is 5.48. The Bertz CT molecular complexity index is 1260. The van der Waals surface area contributed by atoms with Crippen molar-refractivity contribution in [3.63, 3.8) is 0 Å². The molecule has 1 unspecified atom stereocenters. The molecule has 1 atom stereocenters. The van der Waals surface area contributed by atoms with Crippen molar-refractivity contribution in [1.29, 1.82) is 0 Å². The highest BCUT2D eigenvalue weighted by Crippen LogP contribution is 2.32. The first kappa shape index (κ1) is 21.0. The van der Waals surface area contributed by atoms with Crippen LogP contribution in [0.1, 0.15) is 25.3 Å². The molecule has 158 valence electrons. The highest BCUT2D eigenvalue weighted by molar-refractivity contribution is 6.31. The Balaban J connectivity index is 1.80. The normalized spacial score (nSPS) is 18.6. The van der Waals surface area contributed by atoms with Crippen LogP contribution in [0.25, 0.3) is 10.9 Å². The second-order valence-electron chi connectivity index (χ2n) is 7.64. The van der Waals surface area contributed by atoms with E-state index in [1.807, 2.05) is 14.0 Å². The van der Waals surface area contributed by atoms with Crippen molar-refractivity contribution in [2.45, 2.75) is 25.3 Å². The number of aromatic nitrogens is 2. The third-order valence-electron chi connectivity index (χ3n) is 5.62. The molecule has 7 nitrogen and oxygen atoms in total. The lowest BCUT2D eigenvalue weighted by molar-refractivity contribution is -0.385. The minimum Gasteiger partial charge on any atom is -0.337 e. The fraction of sp³-hybridized carbons (Fsp3) is 0.273. The lowest BCUT2D eigenvalue weighted by Gasteiger charge is -2.26. The third kappa shape index (κ3) is 4.02. The topological polar surface area (TPSA) is 84.2 Å². The van der Waals surface area contributed by atoms with Crippen molar-refractivity contribution in [3.8, 4) is 11.8 Å². The number of nitro groups is 1. The van der Waals surface area contributed by atoms with Crippen molar-refractivity contribution < 1.29 is 9.31 Å². The third-order valence-corrected chi connectivity index (χ3v) is 5.91. The molecule has 1 fully saturated rings. The molecule has 0 saturated carbocycles. The van der Waals surface area contributed by atoms with E-state index < -0.39 is 10.7 Å². The van der Waals surface area contributed by atoms with Gasteiger partial charge in [0.15, 0.2) is 5.82 Å². The number of halogens is 2. The SMILES string of the molecule is CN1CCCC1(C)C#Cc1cc2ncnc(Nc3cccc(Cl)c3F)c2cc1[N+](=O)[O-]. The minimum absolute atomic E-state index is 0.0442. The first-order chi connectivity index (χ1) is 14.8. The second kappa shape index (κ2) is 8.10. The number of hydrogen-bond donors (Lipinski definition) is 1. The van der Waals surface area contributed by atoms with E-state index in [-0.39, 0.29) is 33.3 Å². The van der Waals surface area contributed by atoms with E-state index >= 15 is 0 Å². The van der Waals surface area contributed by atoms with Crippen LogP contribution in [-0.2, 0) is 0 Å². The standard InChI is InChI=1S/C22H19ClFN5O2/c1-22(8-4-10-28(22)2)9-7-14-11-18-15(12-19(14)29(30)31)21(26-13-25-18)27-17-6-3-5-16(23)20(17)24/h3,5-6,11-13H,4,8,10H2,1-2H3,(H,25,26,27). The van der Waals surface area contributed by atoms with Crippen LogP contribution in [0, 0.1) is 27.8 Å². The fourth-order valence-corrected chi connectivity index (χ4v) is 3.80. The largest absolute Gasteiger partial charge is 0.337 e. The van der Waals surface area contributed by atoms with E-state index in [9.17, 15) is 14.5 Å². The summed E-state index contributed by atoms with van der Waals surface area (Å²) in [6.07, 6.45) is 3.24. The van der Waals surface area contributed by atoms with Crippen molar-refractivity contribution in [3.05, 3.63) is 63.2 Å². The van der Waals surface area contributed by atoms with Gasteiger partial charge in [-0.1, -0.05) is 29.5 Å². The van der Waals surface area contributed by atoms with Crippen LogP contribution in [0.4, 0.5) is 21.6 Å². The Morgan fingerprint density at radius 2 is 2.16 bits per heavy atom. The van der Waals surface area contributed by atoms with Gasteiger partial charge >= 0.3 is 0 Å². The number of likely N-dealkylation sites (tertiary alicyclic amines) is 1. The number of nitrogens with one attached hydrogen (secondary N) is 1. The fourth-order valence-electron chi connectivity index (χ4n) is 3.63. The number of benzene rings is 2. The lowest BCUT2D eigenvalue weighted by atomic mass is 9.99. The maximum Gasteiger partial charge on any atom is 0.285 e. The molecule has 2 aromatic carbocycles. The van der Waals surface area contributed by atoms with E-state index in [1.165, 1.54) is 24.5 Å². The Labute approximate surface area is 183 Å². The molecule has 0 radical (unpaired) electrons. The van der Waals surface area contributed by atoms with Crippen molar-refractivity contribution in [2.75, 3.05) is 18.9 Å². The first-order valence-electron chi connectivity index (χ1n) is 9.67. The van der Waals surface area contributed by atoms with Gasteiger partial charge in [-0.3, -0.25) is 15.0 Å². The molecule has 2 heterocycles. The van der Waals surface area contributed by atoms with Gasteiger partial charge in [-0.2, -0.15) is 0 Å². The summed E-state index contributed by atoms with van der Waals surface area (Å²) in [5, 5.41) is 15.0. The van der Waals surface area contributed by atoms with Gasteiger partial charge < -0.3 is 5.32 Å². The molecular formula is C22H19ClFN5O2. The zero-order chi connectivity index (χ0) is 22.2. The number of anilines is 2. The molecule has 0 aliphatic carbocycles. The van der Waals surface area contributed by atoms with Gasteiger partial charge in [0.05, 0.1) is 26.7 Å². The van der Waals surface area contributed by atoms with Gasteiger partial charge in [-0.05, 0) is 51.6 Å². The summed E-state index contributed by atoms with van der Waals surface area (Å²) in [5.41, 5.74) is 0.355. The number of nitro benzene ring substituents is 1. The second-order valence-corrected chi connectivity index (χ2v) is 8.05. The number of nitrogens with zero attached hydrogens (tertiary/aromatic N) is 4. The van der Waals surface area contributed by atoms with Crippen LogP contribution < -0.4 is 5.32 Å². The van der Waals surface area contributed by atoms with Crippen molar-refractivity contribution in [2.24, 2.45) is 0 Å². The zero-order valence-corrected chi connectivity index (χ0v) is 17.7. The summed E-state index contributed by atoms with van der Waals surface area (Å²) in [6, 6.07) is 7.46. The Morgan fingerprint density at radius 1 is 1.35 bits per heavy atom. The molecule has 4 rings (SSSR count). The zero-order valence-electron chi connectivity index (χ0n) is 16.9. The summed E-state index contributed by atoms with van der Waals surface area (Å²) in [7, 11) is 2.00. The van der Waals surface area contributed by atoms with Gasteiger partial charge in [0, 0.05) is 11.5 Å². The smallest absolute Gasteiger partial charge is 0.285 e. The van der Waals surface area contributed by atoms with Gasteiger partial charge in [-0.15, -0.1) is 0 Å². The van der Waals surface area contributed by atoms with Crippen LogP contribution in [0.2, 0.25) is 5.02 Å². The summed E-state index contributed by atoms with van der Waals surface area (Å²) in [6.45, 7) is 2.97. The quantitative estimate of drug-likeness (QED) is 0.354. The van der Waals surface area contributed by atoms with Gasteiger partial charge in [0.25, 0.3) is 5.69 Å². The molecule has 0 bridgehead atoms. The predicted octanol–water partition coefficient (Wildman–Crippen LogP) is 4.91. The number of hydrogen-bond acceptors (Lipinski definition) is 6. The molecule has 1 aliphatic heterocycles. The molecule has 9 heteroatoms. The molecule has 1 saturated heterocycles. The number of rotatable bonds is 3. The average Bonchev–Trinajstić information content (AvgIpc) is 3.08. The molecular weight excluding hydrogens is 421 g/mol. The minimum atomic E-state index is -0.637. The number of fused-ring (bicyclic) bond motifs is 1. The van der Waals surface area contributed by atoms with Gasteiger partial charge in [0.1, 0.15) is 17.7 Å². The van der Waals surface area contributed by atoms with E-state index in [0.29, 0.717) is 10.9 Å². The summed E-state index contributed by atoms with van der Waals surface area (Å²) in [5.74, 6) is 5.79. The van der Waals surface area contributed by atoms with Gasteiger partial charge in [-0.25, -0.2) is 14.4 Å². The predicted molar refractivity (Wildman–Crippen MR) is 118 cm³/mol. The average molecular weight is 440 g/mol. The van der Waals surface area contributed by atoms with Crippen LogP contribution in [0.5, 0.6) is 0 Å². The highest BCUT2D eigenvalue weighted by Gasteiger charge is 2.32. The molecule has 1 aromatic heterocycles. The molecule has 0 spiro atoms. The monoisotopic (exact) mass is 439 g/mol. The van der Waals surface area contributed by atoms with Crippen LogP contribution >= 0.6 is 11.6 Å². The Morgan fingerprint density at radius 3 is 2.87 bits per heavy atom. The van der Waals surface area contributed by atoms with Crippen LogP contribution in [0.15, 0.2) is 36.7 Å². The van der Waals surface area contributed by atoms with E-state index in [2.05, 4.69) is 32.0 Å². The molecule has 0 amide bonds. The lowest BCUT2D eigenvalue weighted by Crippen LogP contribution is -2.36. The first-order valence-corrected chi connectivity index (χ1v) is 10.0. The maximum absolute atomic E-state index is 14.3. The molecule has 1 N–H and O–H groups in total. The van der Waals surface area contributed by atoms with E-state index in [4.69, 9.17) is 11.6 Å². The van der Waals surface area contributed by atoms with E-state index in [1.54, 1.807) is 12.1 Å². The molecule has 1 aliphatic rings. The maximum atomic E-state index is 14.3. The van der Waals surface area contributed by atoms with Crippen molar-refractivity contribution >= 4 is 39.7 Å². The molecule has 3 aromatic rings. The Hall–Kier alpha value is -3.28. The van der Waals surface area contributed by atoms with Crippen LogP contribution in [0.3, 0.4) is 0 Å². The van der Waals surface area contributed by atoms with Gasteiger partial charge in [0.2, 0.25) is 0 Å².